The zero-order valence-corrected chi connectivity index (χ0v) is 14.7. The number of nitrogens with one attached hydrogen (secondary N) is 1. The molecule has 5 heteroatoms. The molecule has 2 aromatic rings. The monoisotopic (exact) mass is 341 g/mol. The highest BCUT2D eigenvalue weighted by atomic mass is 32.1. The molecule has 0 aliphatic carbocycles. The quantitative estimate of drug-likeness (QED) is 0.839. The van der Waals surface area contributed by atoms with Gasteiger partial charge in [-0.15, -0.1) is 0 Å². The predicted molar refractivity (Wildman–Crippen MR) is 102 cm³/mol. The molecular formula is C19H23N3OS. The Morgan fingerprint density at radius 2 is 1.62 bits per heavy atom. The average molecular weight is 341 g/mol. The Kier molecular flexibility index (Phi) is 5.20. The van der Waals surface area contributed by atoms with Crippen molar-refractivity contribution in [2.24, 2.45) is 0 Å². The molecule has 0 bridgehead atoms. The molecule has 1 saturated heterocycles. The fourth-order valence-electron chi connectivity index (χ4n) is 2.93. The molecular weight excluding hydrogens is 318 g/mol. The minimum absolute atomic E-state index is 0.203. The van der Waals surface area contributed by atoms with Crippen molar-refractivity contribution in [2.75, 3.05) is 31.1 Å². The molecule has 1 heterocycles. The summed E-state index contributed by atoms with van der Waals surface area (Å²) in [6, 6.07) is 17.9. The van der Waals surface area contributed by atoms with Gasteiger partial charge < -0.3 is 20.2 Å². The molecule has 1 aliphatic rings. The molecule has 0 saturated carbocycles. The van der Waals surface area contributed by atoms with Crippen LogP contribution in [0, 0.1) is 0 Å². The second kappa shape index (κ2) is 7.53. The van der Waals surface area contributed by atoms with Gasteiger partial charge in [0.05, 0.1) is 6.04 Å². The van der Waals surface area contributed by atoms with Crippen molar-refractivity contribution >= 4 is 23.0 Å². The fourth-order valence-corrected chi connectivity index (χ4v) is 3.29. The predicted octanol–water partition coefficient (Wildman–Crippen LogP) is 3.15. The first-order valence-corrected chi connectivity index (χ1v) is 8.68. The first-order chi connectivity index (χ1) is 11.6. The Hall–Kier alpha value is -2.27. The number of phenolic OH excluding ortho intramolecular Hbond substituents is 1. The molecule has 0 spiro atoms. The van der Waals surface area contributed by atoms with Crippen LogP contribution in [0.25, 0.3) is 0 Å². The maximum atomic E-state index is 9.40. The summed E-state index contributed by atoms with van der Waals surface area (Å²) in [4.78, 5) is 4.55. The van der Waals surface area contributed by atoms with Gasteiger partial charge in [-0.2, -0.15) is 0 Å². The number of hydrogen-bond acceptors (Lipinski definition) is 3. The van der Waals surface area contributed by atoms with E-state index >= 15 is 0 Å². The standard InChI is InChI=1S/C19H23N3OS/c1-15(16-5-3-2-4-6-16)20-19(24)22-13-11-21(12-14-22)17-7-9-18(23)10-8-17/h2-10,15,23H,11-14H2,1H3,(H,20,24)/t15-/m0/s1. The van der Waals surface area contributed by atoms with Crippen LogP contribution >= 0.6 is 12.2 Å². The lowest BCUT2D eigenvalue weighted by Gasteiger charge is -2.38. The van der Waals surface area contributed by atoms with Crippen LogP contribution in [0.1, 0.15) is 18.5 Å². The summed E-state index contributed by atoms with van der Waals surface area (Å²) >= 11 is 5.59. The summed E-state index contributed by atoms with van der Waals surface area (Å²) < 4.78 is 0. The molecule has 4 nitrogen and oxygen atoms in total. The Balaban J connectivity index is 1.52. The first-order valence-electron chi connectivity index (χ1n) is 8.28. The summed E-state index contributed by atoms with van der Waals surface area (Å²) in [5, 5.41) is 13.6. The van der Waals surface area contributed by atoms with Crippen molar-refractivity contribution in [1.29, 1.82) is 0 Å². The second-order valence-corrected chi connectivity index (χ2v) is 6.46. The highest BCUT2D eigenvalue weighted by molar-refractivity contribution is 7.80. The van der Waals surface area contributed by atoms with E-state index in [1.165, 1.54) is 5.56 Å². The van der Waals surface area contributed by atoms with Crippen molar-refractivity contribution in [3.8, 4) is 5.75 Å². The van der Waals surface area contributed by atoms with Gasteiger partial charge in [-0.05, 0) is 49.0 Å². The van der Waals surface area contributed by atoms with Crippen LogP contribution in [-0.2, 0) is 0 Å². The molecule has 24 heavy (non-hydrogen) atoms. The van der Waals surface area contributed by atoms with Crippen LogP contribution in [0.3, 0.4) is 0 Å². The number of rotatable bonds is 3. The Bertz CT molecular complexity index is 667. The topological polar surface area (TPSA) is 38.7 Å². The third-order valence-electron chi connectivity index (χ3n) is 4.42. The normalized spacial score (nSPS) is 15.9. The van der Waals surface area contributed by atoms with E-state index in [9.17, 15) is 5.11 Å². The van der Waals surface area contributed by atoms with Gasteiger partial charge in [-0.3, -0.25) is 0 Å². The van der Waals surface area contributed by atoms with E-state index in [2.05, 4.69) is 34.2 Å². The molecule has 3 rings (SSSR count). The van der Waals surface area contributed by atoms with Crippen LogP contribution in [-0.4, -0.2) is 41.3 Å². The minimum Gasteiger partial charge on any atom is -0.508 e. The van der Waals surface area contributed by atoms with Crippen LogP contribution in [0.5, 0.6) is 5.75 Å². The molecule has 0 amide bonds. The Labute approximate surface area is 148 Å². The lowest BCUT2D eigenvalue weighted by Crippen LogP contribution is -2.52. The van der Waals surface area contributed by atoms with Crippen LogP contribution in [0.4, 0.5) is 5.69 Å². The van der Waals surface area contributed by atoms with Gasteiger partial charge in [0.15, 0.2) is 5.11 Å². The summed E-state index contributed by atoms with van der Waals surface area (Å²) in [6.45, 7) is 5.77. The molecule has 0 radical (unpaired) electrons. The molecule has 2 aromatic carbocycles. The van der Waals surface area contributed by atoms with Gasteiger partial charge in [0.2, 0.25) is 0 Å². The minimum atomic E-state index is 0.203. The lowest BCUT2D eigenvalue weighted by molar-refractivity contribution is 0.376. The number of aromatic hydroxyl groups is 1. The van der Waals surface area contributed by atoms with Gasteiger partial charge in [-0.25, -0.2) is 0 Å². The van der Waals surface area contributed by atoms with Crippen LogP contribution < -0.4 is 10.2 Å². The average Bonchev–Trinajstić information content (AvgIpc) is 2.63. The van der Waals surface area contributed by atoms with Crippen molar-refractivity contribution in [1.82, 2.24) is 10.2 Å². The third-order valence-corrected chi connectivity index (χ3v) is 4.80. The SMILES string of the molecule is C[C@H](NC(=S)N1CCN(c2ccc(O)cc2)CC1)c1ccccc1. The summed E-state index contributed by atoms with van der Waals surface area (Å²) in [5.41, 5.74) is 2.38. The summed E-state index contributed by atoms with van der Waals surface area (Å²) in [5.74, 6) is 0.303. The Morgan fingerprint density at radius 3 is 2.25 bits per heavy atom. The zero-order valence-electron chi connectivity index (χ0n) is 13.9. The maximum Gasteiger partial charge on any atom is 0.169 e. The molecule has 2 N–H and O–H groups in total. The van der Waals surface area contributed by atoms with E-state index in [4.69, 9.17) is 12.2 Å². The van der Waals surface area contributed by atoms with Crippen molar-refractivity contribution < 1.29 is 5.11 Å². The molecule has 1 aliphatic heterocycles. The van der Waals surface area contributed by atoms with E-state index in [0.29, 0.717) is 5.75 Å². The highest BCUT2D eigenvalue weighted by Gasteiger charge is 2.20. The first kappa shape index (κ1) is 16.6. The van der Waals surface area contributed by atoms with Gasteiger partial charge >= 0.3 is 0 Å². The molecule has 126 valence electrons. The number of phenols is 1. The molecule has 1 fully saturated rings. The fraction of sp³-hybridized carbons (Fsp3) is 0.316. The molecule has 1 atom stereocenters. The van der Waals surface area contributed by atoms with Gasteiger partial charge in [0, 0.05) is 31.9 Å². The number of benzene rings is 2. The van der Waals surface area contributed by atoms with Gasteiger partial charge in [0.1, 0.15) is 5.75 Å². The van der Waals surface area contributed by atoms with Gasteiger partial charge in [0.25, 0.3) is 0 Å². The lowest BCUT2D eigenvalue weighted by atomic mass is 10.1. The zero-order chi connectivity index (χ0) is 16.9. The largest absolute Gasteiger partial charge is 0.508 e. The van der Waals surface area contributed by atoms with E-state index < -0.39 is 0 Å². The van der Waals surface area contributed by atoms with Crippen molar-refractivity contribution in [3.63, 3.8) is 0 Å². The Morgan fingerprint density at radius 1 is 1.00 bits per heavy atom. The van der Waals surface area contributed by atoms with E-state index in [0.717, 1.165) is 37.0 Å². The molecule has 0 aromatic heterocycles. The van der Waals surface area contributed by atoms with Crippen molar-refractivity contribution in [3.05, 3.63) is 60.2 Å². The highest BCUT2D eigenvalue weighted by Crippen LogP contribution is 2.20. The van der Waals surface area contributed by atoms with Crippen molar-refractivity contribution in [2.45, 2.75) is 13.0 Å². The van der Waals surface area contributed by atoms with E-state index in [1.54, 1.807) is 12.1 Å². The third kappa shape index (κ3) is 3.97. The number of hydrogen-bond donors (Lipinski definition) is 2. The van der Waals surface area contributed by atoms with Gasteiger partial charge in [-0.1, -0.05) is 30.3 Å². The number of nitrogens with zero attached hydrogens (tertiary/aromatic N) is 2. The number of piperazine rings is 1. The van der Waals surface area contributed by atoms with E-state index in [-0.39, 0.29) is 6.04 Å². The van der Waals surface area contributed by atoms with Crippen LogP contribution in [0.2, 0.25) is 0 Å². The van der Waals surface area contributed by atoms with Crippen LogP contribution in [0.15, 0.2) is 54.6 Å². The number of thiocarbonyl (C=S) groups is 1. The van der Waals surface area contributed by atoms with E-state index in [1.807, 2.05) is 30.3 Å². The summed E-state index contributed by atoms with van der Waals surface area (Å²) in [6.07, 6.45) is 0. The molecule has 0 unspecified atom stereocenters. The smallest absolute Gasteiger partial charge is 0.169 e. The maximum absolute atomic E-state index is 9.40. The number of anilines is 1. The summed E-state index contributed by atoms with van der Waals surface area (Å²) in [7, 11) is 0. The second-order valence-electron chi connectivity index (χ2n) is 6.07.